The Kier molecular flexibility index (Phi) is 5.62. The molecule has 0 spiro atoms. The van der Waals surface area contributed by atoms with Gasteiger partial charge in [-0.15, -0.1) is 0 Å². The third-order valence-corrected chi connectivity index (χ3v) is 1.97. The summed E-state index contributed by atoms with van der Waals surface area (Å²) >= 11 is 4.95. The molecular weight excluding hydrogens is 184 g/mol. The van der Waals surface area contributed by atoms with Crippen LogP contribution >= 0.6 is 12.2 Å². The van der Waals surface area contributed by atoms with Gasteiger partial charge < -0.3 is 10.6 Å². The summed E-state index contributed by atoms with van der Waals surface area (Å²) in [7, 11) is 0. The summed E-state index contributed by atoms with van der Waals surface area (Å²) in [5.74, 6) is -0.0718. The Morgan fingerprint density at radius 3 is 2.31 bits per heavy atom. The standard InChI is InChI=1S/C9H18N2OS/c1-5-7(4)10-9(13)11-8(12)6(2)3/h6-7H,5H2,1-4H3,(H2,10,11,12,13). The average molecular weight is 202 g/mol. The summed E-state index contributed by atoms with van der Waals surface area (Å²) in [6, 6.07) is 0.306. The first-order chi connectivity index (χ1) is 5.97. The lowest BCUT2D eigenvalue weighted by atomic mass is 10.2. The first-order valence-corrected chi connectivity index (χ1v) is 4.99. The number of amides is 1. The van der Waals surface area contributed by atoms with Crippen LogP contribution in [0, 0.1) is 5.92 Å². The average Bonchev–Trinajstić information content (AvgIpc) is 2.03. The lowest BCUT2D eigenvalue weighted by molar-refractivity contribution is -0.122. The van der Waals surface area contributed by atoms with Crippen LogP contribution in [-0.4, -0.2) is 17.1 Å². The first-order valence-electron chi connectivity index (χ1n) is 4.58. The van der Waals surface area contributed by atoms with E-state index < -0.39 is 0 Å². The molecule has 4 heteroatoms. The van der Waals surface area contributed by atoms with Crippen molar-refractivity contribution in [2.45, 2.75) is 40.2 Å². The molecule has 0 aliphatic heterocycles. The summed E-state index contributed by atoms with van der Waals surface area (Å²) < 4.78 is 0. The molecule has 0 saturated heterocycles. The van der Waals surface area contributed by atoms with Gasteiger partial charge in [-0.25, -0.2) is 0 Å². The molecule has 3 nitrogen and oxygen atoms in total. The summed E-state index contributed by atoms with van der Waals surface area (Å²) in [4.78, 5) is 11.2. The molecule has 1 amide bonds. The van der Waals surface area contributed by atoms with Crippen molar-refractivity contribution in [3.63, 3.8) is 0 Å². The van der Waals surface area contributed by atoms with Crippen LogP contribution in [0.15, 0.2) is 0 Å². The number of hydrogen-bond donors (Lipinski definition) is 2. The van der Waals surface area contributed by atoms with E-state index in [1.54, 1.807) is 0 Å². The minimum Gasteiger partial charge on any atom is -0.360 e. The number of nitrogens with one attached hydrogen (secondary N) is 2. The van der Waals surface area contributed by atoms with Crippen molar-refractivity contribution in [2.75, 3.05) is 0 Å². The van der Waals surface area contributed by atoms with E-state index in [4.69, 9.17) is 12.2 Å². The highest BCUT2D eigenvalue weighted by Gasteiger charge is 2.09. The zero-order valence-corrected chi connectivity index (χ0v) is 9.49. The number of rotatable bonds is 3. The van der Waals surface area contributed by atoms with Gasteiger partial charge in [0.1, 0.15) is 0 Å². The van der Waals surface area contributed by atoms with E-state index in [1.807, 2.05) is 20.8 Å². The molecule has 0 aliphatic rings. The van der Waals surface area contributed by atoms with Crippen LogP contribution in [-0.2, 0) is 4.79 Å². The van der Waals surface area contributed by atoms with Gasteiger partial charge in [0.2, 0.25) is 5.91 Å². The van der Waals surface area contributed by atoms with Gasteiger partial charge >= 0.3 is 0 Å². The molecule has 0 aromatic rings. The Balaban J connectivity index is 3.81. The smallest absolute Gasteiger partial charge is 0.228 e. The molecule has 13 heavy (non-hydrogen) atoms. The molecule has 0 aliphatic carbocycles. The lowest BCUT2D eigenvalue weighted by Crippen LogP contribution is -2.44. The van der Waals surface area contributed by atoms with E-state index in [0.29, 0.717) is 11.2 Å². The fourth-order valence-electron chi connectivity index (χ4n) is 0.618. The van der Waals surface area contributed by atoms with Gasteiger partial charge in [-0.2, -0.15) is 0 Å². The molecular formula is C9H18N2OS. The number of thiocarbonyl (C=S) groups is 1. The maximum absolute atomic E-state index is 11.2. The minimum absolute atomic E-state index is 0.0308. The molecule has 0 aromatic heterocycles. The van der Waals surface area contributed by atoms with E-state index in [0.717, 1.165) is 6.42 Å². The highest BCUT2D eigenvalue weighted by atomic mass is 32.1. The van der Waals surface area contributed by atoms with E-state index in [9.17, 15) is 4.79 Å². The molecule has 0 aromatic carbocycles. The van der Waals surface area contributed by atoms with Crippen LogP contribution in [0.5, 0.6) is 0 Å². The molecule has 1 unspecified atom stereocenters. The van der Waals surface area contributed by atoms with Crippen LogP contribution in [0.3, 0.4) is 0 Å². The maximum Gasteiger partial charge on any atom is 0.228 e. The highest BCUT2D eigenvalue weighted by molar-refractivity contribution is 7.80. The van der Waals surface area contributed by atoms with Gasteiger partial charge in [0.25, 0.3) is 0 Å². The summed E-state index contributed by atoms with van der Waals surface area (Å²) in [5, 5.41) is 6.06. The Bertz CT molecular complexity index is 192. The number of carbonyl (C=O) groups is 1. The molecule has 0 bridgehead atoms. The van der Waals surface area contributed by atoms with Gasteiger partial charge in [0.05, 0.1) is 0 Å². The van der Waals surface area contributed by atoms with E-state index >= 15 is 0 Å². The normalized spacial score (nSPS) is 12.4. The van der Waals surface area contributed by atoms with Crippen molar-refractivity contribution in [3.05, 3.63) is 0 Å². The zero-order valence-electron chi connectivity index (χ0n) is 8.68. The molecule has 0 fully saturated rings. The molecule has 0 heterocycles. The number of hydrogen-bond acceptors (Lipinski definition) is 2. The fourth-order valence-corrected chi connectivity index (χ4v) is 0.920. The topological polar surface area (TPSA) is 41.1 Å². The molecule has 2 N–H and O–H groups in total. The Morgan fingerprint density at radius 1 is 1.38 bits per heavy atom. The fraction of sp³-hybridized carbons (Fsp3) is 0.778. The molecule has 76 valence electrons. The second-order valence-corrected chi connectivity index (χ2v) is 3.83. The predicted molar refractivity (Wildman–Crippen MR) is 58.5 cm³/mol. The maximum atomic E-state index is 11.2. The Labute approximate surface area is 85.3 Å². The predicted octanol–water partition coefficient (Wildman–Crippen LogP) is 1.43. The summed E-state index contributed by atoms with van der Waals surface area (Å²) in [6.45, 7) is 7.75. The van der Waals surface area contributed by atoms with Crippen molar-refractivity contribution >= 4 is 23.2 Å². The van der Waals surface area contributed by atoms with Crippen LogP contribution in [0.1, 0.15) is 34.1 Å². The van der Waals surface area contributed by atoms with Crippen molar-refractivity contribution < 1.29 is 4.79 Å². The second kappa shape index (κ2) is 5.91. The first kappa shape index (κ1) is 12.4. The van der Waals surface area contributed by atoms with Gasteiger partial charge in [0, 0.05) is 12.0 Å². The molecule has 0 rings (SSSR count). The Hall–Kier alpha value is -0.640. The minimum atomic E-state index is -0.0409. The van der Waals surface area contributed by atoms with Crippen LogP contribution in [0.2, 0.25) is 0 Å². The molecule has 0 radical (unpaired) electrons. The van der Waals surface area contributed by atoms with Gasteiger partial charge in [-0.1, -0.05) is 20.8 Å². The number of carbonyl (C=O) groups excluding carboxylic acids is 1. The molecule has 1 atom stereocenters. The van der Waals surface area contributed by atoms with E-state index in [1.165, 1.54) is 0 Å². The quantitative estimate of drug-likeness (QED) is 0.680. The van der Waals surface area contributed by atoms with Gasteiger partial charge in [-0.3, -0.25) is 4.79 Å². The largest absolute Gasteiger partial charge is 0.360 e. The monoisotopic (exact) mass is 202 g/mol. The van der Waals surface area contributed by atoms with Crippen molar-refractivity contribution in [3.8, 4) is 0 Å². The van der Waals surface area contributed by atoms with E-state index in [2.05, 4.69) is 17.6 Å². The summed E-state index contributed by atoms with van der Waals surface area (Å²) in [6.07, 6.45) is 0.984. The SMILES string of the molecule is CCC(C)NC(=S)NC(=O)C(C)C. The molecule has 0 saturated carbocycles. The van der Waals surface area contributed by atoms with E-state index in [-0.39, 0.29) is 11.8 Å². The second-order valence-electron chi connectivity index (χ2n) is 3.43. The lowest BCUT2D eigenvalue weighted by Gasteiger charge is -2.15. The van der Waals surface area contributed by atoms with Crippen LogP contribution < -0.4 is 10.6 Å². The van der Waals surface area contributed by atoms with Crippen molar-refractivity contribution in [1.82, 2.24) is 10.6 Å². The summed E-state index contributed by atoms with van der Waals surface area (Å²) in [5.41, 5.74) is 0. The van der Waals surface area contributed by atoms with Crippen LogP contribution in [0.4, 0.5) is 0 Å². The van der Waals surface area contributed by atoms with Crippen LogP contribution in [0.25, 0.3) is 0 Å². The van der Waals surface area contributed by atoms with Crippen molar-refractivity contribution in [1.29, 1.82) is 0 Å². The Morgan fingerprint density at radius 2 is 1.92 bits per heavy atom. The third kappa shape index (κ3) is 5.58. The van der Waals surface area contributed by atoms with Gasteiger partial charge in [-0.05, 0) is 25.6 Å². The van der Waals surface area contributed by atoms with Crippen molar-refractivity contribution in [2.24, 2.45) is 5.92 Å². The third-order valence-electron chi connectivity index (χ3n) is 1.75. The highest BCUT2D eigenvalue weighted by Crippen LogP contribution is 1.91. The van der Waals surface area contributed by atoms with Gasteiger partial charge in [0.15, 0.2) is 5.11 Å². The zero-order chi connectivity index (χ0) is 10.4.